The van der Waals surface area contributed by atoms with Gasteiger partial charge in [0, 0.05) is 12.3 Å². The molecule has 0 aliphatic rings. The van der Waals surface area contributed by atoms with Crippen LogP contribution < -0.4 is 5.63 Å². The zero-order valence-corrected chi connectivity index (χ0v) is 13.6. The number of ketones is 1. The van der Waals surface area contributed by atoms with Gasteiger partial charge in [-0.3, -0.25) is 4.79 Å². The number of carbonyl (C=O) groups excluding carboxylic acids is 1. The van der Waals surface area contributed by atoms with Crippen LogP contribution in [0.15, 0.2) is 57.7 Å². The molecule has 3 rings (SSSR count). The van der Waals surface area contributed by atoms with Crippen molar-refractivity contribution in [3.8, 4) is 5.75 Å². The summed E-state index contributed by atoms with van der Waals surface area (Å²) in [7, 11) is 0. The summed E-state index contributed by atoms with van der Waals surface area (Å²) in [6.45, 7) is 3.31. The highest BCUT2D eigenvalue weighted by molar-refractivity contribution is 5.88. The Bertz CT molecular complexity index is 955. The molecule has 0 aliphatic carbocycles. The fourth-order valence-electron chi connectivity index (χ4n) is 3.08. The van der Waals surface area contributed by atoms with Gasteiger partial charge in [0.25, 0.3) is 0 Å². The molecular formula is C20H18O4. The van der Waals surface area contributed by atoms with E-state index in [1.54, 1.807) is 12.1 Å². The predicted octanol–water partition coefficient (Wildman–Crippen LogP) is 3.92. The zero-order chi connectivity index (χ0) is 17.3. The van der Waals surface area contributed by atoms with Gasteiger partial charge in [-0.15, -0.1) is 0 Å². The average Bonchev–Trinajstić information content (AvgIpc) is 2.54. The third-order valence-corrected chi connectivity index (χ3v) is 4.19. The average molecular weight is 322 g/mol. The van der Waals surface area contributed by atoms with Gasteiger partial charge in [0.05, 0.1) is 10.9 Å². The van der Waals surface area contributed by atoms with Crippen molar-refractivity contribution in [3.05, 3.63) is 75.6 Å². The first-order valence-electron chi connectivity index (χ1n) is 7.78. The van der Waals surface area contributed by atoms with Crippen molar-refractivity contribution in [1.29, 1.82) is 0 Å². The molecule has 0 aliphatic heterocycles. The van der Waals surface area contributed by atoms with Gasteiger partial charge in [0.15, 0.2) is 0 Å². The van der Waals surface area contributed by atoms with Crippen molar-refractivity contribution in [2.75, 3.05) is 0 Å². The highest BCUT2D eigenvalue weighted by atomic mass is 16.4. The maximum atomic E-state index is 12.5. The lowest BCUT2D eigenvalue weighted by Gasteiger charge is -2.18. The molecule has 0 fully saturated rings. The van der Waals surface area contributed by atoms with Gasteiger partial charge < -0.3 is 9.52 Å². The van der Waals surface area contributed by atoms with Crippen LogP contribution in [0.2, 0.25) is 0 Å². The van der Waals surface area contributed by atoms with Gasteiger partial charge in [-0.25, -0.2) is 4.79 Å². The largest absolute Gasteiger partial charge is 0.507 e. The molecule has 122 valence electrons. The quantitative estimate of drug-likeness (QED) is 0.739. The molecule has 4 heteroatoms. The molecule has 4 nitrogen and oxygen atoms in total. The topological polar surface area (TPSA) is 67.5 Å². The molecule has 0 spiro atoms. The van der Waals surface area contributed by atoms with Gasteiger partial charge in [-0.05, 0) is 31.0 Å². The van der Waals surface area contributed by atoms with E-state index in [2.05, 4.69) is 0 Å². The van der Waals surface area contributed by atoms with E-state index in [1.165, 1.54) is 6.92 Å². The summed E-state index contributed by atoms with van der Waals surface area (Å²) in [5.41, 5.74) is 1.47. The molecular weight excluding hydrogens is 304 g/mol. The van der Waals surface area contributed by atoms with Crippen molar-refractivity contribution in [2.24, 2.45) is 0 Å². The van der Waals surface area contributed by atoms with Crippen LogP contribution in [0.1, 0.15) is 36.0 Å². The number of rotatable bonds is 4. The van der Waals surface area contributed by atoms with Crippen molar-refractivity contribution in [3.63, 3.8) is 0 Å². The summed E-state index contributed by atoms with van der Waals surface area (Å²) in [5, 5.41) is 11.3. The van der Waals surface area contributed by atoms with E-state index in [0.29, 0.717) is 11.0 Å². The SMILES string of the molecule is CC(=O)CC(c1ccccc1)c1c(O)c2c(C)cccc2oc1=O. The van der Waals surface area contributed by atoms with E-state index < -0.39 is 11.5 Å². The monoisotopic (exact) mass is 322 g/mol. The Balaban J connectivity index is 2.30. The van der Waals surface area contributed by atoms with E-state index in [4.69, 9.17) is 4.42 Å². The van der Waals surface area contributed by atoms with Gasteiger partial charge in [0.1, 0.15) is 17.1 Å². The number of hydrogen-bond acceptors (Lipinski definition) is 4. The second kappa shape index (κ2) is 6.32. The molecule has 24 heavy (non-hydrogen) atoms. The summed E-state index contributed by atoms with van der Waals surface area (Å²) in [4.78, 5) is 24.3. The number of carbonyl (C=O) groups is 1. The Morgan fingerprint density at radius 2 is 1.83 bits per heavy atom. The fraction of sp³-hybridized carbons (Fsp3) is 0.200. The summed E-state index contributed by atoms with van der Waals surface area (Å²) in [6.07, 6.45) is 0.125. The van der Waals surface area contributed by atoms with E-state index >= 15 is 0 Å². The first kappa shape index (κ1) is 16.0. The molecule has 3 aromatic rings. The normalized spacial score (nSPS) is 12.2. The second-order valence-electron chi connectivity index (χ2n) is 5.97. The van der Waals surface area contributed by atoms with Crippen molar-refractivity contribution in [2.45, 2.75) is 26.2 Å². The maximum Gasteiger partial charge on any atom is 0.343 e. The minimum absolute atomic E-state index is 0.0625. The highest BCUT2D eigenvalue weighted by Gasteiger charge is 2.26. The summed E-state index contributed by atoms with van der Waals surface area (Å²) in [5.74, 6) is -0.703. The molecule has 0 saturated heterocycles. The lowest BCUT2D eigenvalue weighted by atomic mass is 9.87. The van der Waals surface area contributed by atoms with Gasteiger partial charge in [-0.2, -0.15) is 0 Å². The van der Waals surface area contributed by atoms with Crippen LogP contribution in [0, 0.1) is 6.92 Å². The highest BCUT2D eigenvalue weighted by Crippen LogP contribution is 2.37. The van der Waals surface area contributed by atoms with Gasteiger partial charge in [-0.1, -0.05) is 42.5 Å². The second-order valence-corrected chi connectivity index (χ2v) is 5.97. The maximum absolute atomic E-state index is 12.5. The summed E-state index contributed by atoms with van der Waals surface area (Å²) < 4.78 is 5.41. The molecule has 0 bridgehead atoms. The first-order chi connectivity index (χ1) is 11.5. The van der Waals surface area contributed by atoms with Crippen molar-refractivity contribution >= 4 is 16.8 Å². The lowest BCUT2D eigenvalue weighted by Crippen LogP contribution is -2.16. The zero-order valence-electron chi connectivity index (χ0n) is 13.6. The van der Waals surface area contributed by atoms with Crippen LogP contribution in [0.5, 0.6) is 5.75 Å². The summed E-state index contributed by atoms with van der Waals surface area (Å²) >= 11 is 0. The number of Topliss-reactive ketones (excluding diaryl/α,β-unsaturated/α-hetero) is 1. The Morgan fingerprint density at radius 1 is 1.12 bits per heavy atom. The smallest absolute Gasteiger partial charge is 0.343 e. The van der Waals surface area contributed by atoms with Crippen LogP contribution >= 0.6 is 0 Å². The van der Waals surface area contributed by atoms with E-state index in [9.17, 15) is 14.7 Å². The number of fused-ring (bicyclic) bond motifs is 1. The van der Waals surface area contributed by atoms with Crippen LogP contribution in [-0.2, 0) is 4.79 Å². The third kappa shape index (κ3) is 2.83. The van der Waals surface area contributed by atoms with Gasteiger partial charge in [0.2, 0.25) is 0 Å². The van der Waals surface area contributed by atoms with Gasteiger partial charge >= 0.3 is 5.63 Å². The molecule has 2 aromatic carbocycles. The number of benzene rings is 2. The molecule has 0 radical (unpaired) electrons. The van der Waals surface area contributed by atoms with Crippen molar-refractivity contribution < 1.29 is 14.3 Å². The van der Waals surface area contributed by atoms with Crippen LogP contribution in [-0.4, -0.2) is 10.9 Å². The Hall–Kier alpha value is -2.88. The minimum atomic E-state index is -0.610. The lowest BCUT2D eigenvalue weighted by molar-refractivity contribution is -0.117. The van der Waals surface area contributed by atoms with Crippen LogP contribution in [0.4, 0.5) is 0 Å². The molecule has 1 unspecified atom stereocenters. The molecule has 1 atom stereocenters. The van der Waals surface area contributed by atoms with Crippen LogP contribution in [0.3, 0.4) is 0 Å². The number of hydrogen-bond donors (Lipinski definition) is 1. The van der Waals surface area contributed by atoms with E-state index in [0.717, 1.165) is 11.1 Å². The van der Waals surface area contributed by atoms with Crippen LogP contribution in [0.25, 0.3) is 11.0 Å². The third-order valence-electron chi connectivity index (χ3n) is 4.19. The molecule has 1 aromatic heterocycles. The number of aryl methyl sites for hydroxylation is 1. The molecule has 1 N–H and O–H groups in total. The fourth-order valence-corrected chi connectivity index (χ4v) is 3.08. The molecule has 1 heterocycles. The predicted molar refractivity (Wildman–Crippen MR) is 92.5 cm³/mol. The standard InChI is InChI=1S/C20H18O4/c1-12-7-6-10-16-17(12)19(22)18(20(23)24-16)15(11-13(2)21)14-8-4-3-5-9-14/h3-10,15,22H,11H2,1-2H3. The minimum Gasteiger partial charge on any atom is -0.507 e. The number of aromatic hydroxyl groups is 1. The van der Waals surface area contributed by atoms with Crippen molar-refractivity contribution in [1.82, 2.24) is 0 Å². The molecule has 0 saturated carbocycles. The van der Waals surface area contributed by atoms with E-state index in [1.807, 2.05) is 43.3 Å². The molecule has 0 amide bonds. The van der Waals surface area contributed by atoms with E-state index in [-0.39, 0.29) is 23.5 Å². The Labute approximate surface area is 139 Å². The Morgan fingerprint density at radius 3 is 2.50 bits per heavy atom. The summed E-state index contributed by atoms with van der Waals surface area (Å²) in [6, 6.07) is 14.5. The first-order valence-corrected chi connectivity index (χ1v) is 7.78. The Kier molecular flexibility index (Phi) is 4.21.